The Morgan fingerprint density at radius 3 is 2.66 bits per heavy atom. The third-order valence-electron chi connectivity index (χ3n) is 4.78. The Labute approximate surface area is 173 Å². The van der Waals surface area contributed by atoms with Crippen molar-refractivity contribution in [2.24, 2.45) is 10.9 Å². The molecule has 2 aliphatic rings. The zero-order valence-electron chi connectivity index (χ0n) is 16.3. The van der Waals surface area contributed by atoms with Crippen LogP contribution in [0.15, 0.2) is 53.5 Å². The number of hydrogen-bond donors (Lipinski definition) is 3. The van der Waals surface area contributed by atoms with E-state index in [4.69, 9.17) is 4.99 Å². The third-order valence-corrected chi connectivity index (χ3v) is 5.74. The molecular weight excluding hydrogens is 386 g/mol. The number of thioether (sulfide) groups is 1. The van der Waals surface area contributed by atoms with Gasteiger partial charge in [-0.05, 0) is 49.2 Å². The van der Waals surface area contributed by atoms with Gasteiger partial charge in [0, 0.05) is 12.2 Å². The number of amides is 2. The van der Waals surface area contributed by atoms with Crippen molar-refractivity contribution < 1.29 is 9.59 Å². The number of carbonyl (C=O) groups excluding carboxylic acids is 2. The van der Waals surface area contributed by atoms with Crippen molar-refractivity contribution in [3.05, 3.63) is 59.7 Å². The van der Waals surface area contributed by atoms with E-state index in [0.717, 1.165) is 22.5 Å². The molecule has 0 aliphatic carbocycles. The second kappa shape index (κ2) is 8.36. The van der Waals surface area contributed by atoms with Gasteiger partial charge in [-0.15, -0.1) is 0 Å². The van der Waals surface area contributed by atoms with E-state index in [9.17, 15) is 9.59 Å². The summed E-state index contributed by atoms with van der Waals surface area (Å²) in [6.07, 6.45) is -0.313. The molecule has 3 N–H and O–H groups in total. The minimum Gasteiger partial charge on any atom is -0.325 e. The molecule has 8 heteroatoms. The first-order chi connectivity index (χ1) is 14.0. The van der Waals surface area contributed by atoms with E-state index >= 15 is 0 Å². The van der Waals surface area contributed by atoms with Crippen LogP contribution in [0.3, 0.4) is 0 Å². The Morgan fingerprint density at radius 2 is 1.93 bits per heavy atom. The summed E-state index contributed by atoms with van der Waals surface area (Å²) in [5, 5.41) is 3.45. The van der Waals surface area contributed by atoms with E-state index in [1.165, 1.54) is 11.8 Å². The Bertz CT molecular complexity index is 943. The van der Waals surface area contributed by atoms with Crippen LogP contribution in [0.25, 0.3) is 0 Å². The minimum absolute atomic E-state index is 0.0223. The molecular formula is C21H23N5O2S. The lowest BCUT2D eigenvalue weighted by atomic mass is 10.1. The maximum absolute atomic E-state index is 13.1. The second-order valence-electron chi connectivity index (χ2n) is 7.21. The van der Waals surface area contributed by atoms with Crippen LogP contribution in [-0.2, 0) is 9.59 Å². The SMILES string of the molecule is Cc1cc(C)cc(NC(=O)CSC2=NC3NNCC3C(=O)N2c2ccccc2)c1. The number of rotatable bonds is 4. The van der Waals surface area contributed by atoms with Gasteiger partial charge in [-0.3, -0.25) is 19.9 Å². The number of anilines is 2. The lowest BCUT2D eigenvalue weighted by molar-refractivity contribution is -0.121. The molecule has 2 aromatic carbocycles. The Hall–Kier alpha value is -2.68. The molecule has 150 valence electrons. The quantitative estimate of drug-likeness (QED) is 0.722. The normalized spacial score (nSPS) is 21.0. The van der Waals surface area contributed by atoms with Gasteiger partial charge in [0.05, 0.1) is 17.4 Å². The average Bonchev–Trinajstić information content (AvgIpc) is 3.15. The number of benzene rings is 2. The number of aliphatic imine (C=N–C) groups is 1. The molecule has 0 bridgehead atoms. The molecule has 2 unspecified atom stereocenters. The summed E-state index contributed by atoms with van der Waals surface area (Å²) in [7, 11) is 0. The van der Waals surface area contributed by atoms with Crippen molar-refractivity contribution in [2.45, 2.75) is 20.0 Å². The number of fused-ring (bicyclic) bond motifs is 1. The Balaban J connectivity index is 1.50. The molecule has 1 fully saturated rings. The molecule has 0 radical (unpaired) electrons. The first-order valence-corrected chi connectivity index (χ1v) is 10.5. The first kappa shape index (κ1) is 19.6. The monoisotopic (exact) mass is 409 g/mol. The fourth-order valence-corrected chi connectivity index (χ4v) is 4.40. The van der Waals surface area contributed by atoms with Gasteiger partial charge in [-0.25, -0.2) is 10.4 Å². The molecule has 1 saturated heterocycles. The highest BCUT2D eigenvalue weighted by Crippen LogP contribution is 2.29. The molecule has 2 heterocycles. The summed E-state index contributed by atoms with van der Waals surface area (Å²) in [4.78, 5) is 31.9. The second-order valence-corrected chi connectivity index (χ2v) is 8.15. The van der Waals surface area contributed by atoms with Gasteiger partial charge in [0.25, 0.3) is 0 Å². The van der Waals surface area contributed by atoms with Crippen molar-refractivity contribution in [1.82, 2.24) is 10.9 Å². The highest BCUT2D eigenvalue weighted by atomic mass is 32.2. The number of nitrogens with one attached hydrogen (secondary N) is 3. The topological polar surface area (TPSA) is 85.8 Å². The van der Waals surface area contributed by atoms with Crippen LogP contribution in [0.4, 0.5) is 11.4 Å². The predicted octanol–water partition coefficient (Wildman–Crippen LogP) is 2.43. The Kier molecular flexibility index (Phi) is 5.66. The fourth-order valence-electron chi connectivity index (χ4n) is 3.56. The number of carbonyl (C=O) groups is 2. The van der Waals surface area contributed by atoms with Crippen molar-refractivity contribution in [3.63, 3.8) is 0 Å². The van der Waals surface area contributed by atoms with Crippen LogP contribution in [0.5, 0.6) is 0 Å². The molecule has 7 nitrogen and oxygen atoms in total. The maximum Gasteiger partial charge on any atom is 0.241 e. The zero-order chi connectivity index (χ0) is 20.4. The van der Waals surface area contributed by atoms with Crippen LogP contribution >= 0.6 is 11.8 Å². The highest BCUT2D eigenvalue weighted by molar-refractivity contribution is 8.14. The van der Waals surface area contributed by atoms with Crippen molar-refractivity contribution in [1.29, 1.82) is 0 Å². The summed E-state index contributed by atoms with van der Waals surface area (Å²) in [5.74, 6) is -0.259. The van der Waals surface area contributed by atoms with E-state index in [1.54, 1.807) is 4.90 Å². The summed E-state index contributed by atoms with van der Waals surface area (Å²) in [5.41, 5.74) is 9.75. The van der Waals surface area contributed by atoms with Gasteiger partial charge in [0.1, 0.15) is 6.17 Å². The average molecular weight is 410 g/mol. The highest BCUT2D eigenvalue weighted by Gasteiger charge is 2.42. The standard InChI is InChI=1S/C21H23N5O2S/c1-13-8-14(2)10-15(9-13)23-18(27)12-29-21-24-19-17(11-22-25-19)20(28)26(21)16-6-4-3-5-7-16/h3-10,17,19,22,25H,11-12H2,1-2H3,(H,23,27). The molecule has 0 spiro atoms. The van der Waals surface area contributed by atoms with Gasteiger partial charge < -0.3 is 5.32 Å². The van der Waals surface area contributed by atoms with E-state index < -0.39 is 0 Å². The maximum atomic E-state index is 13.1. The van der Waals surface area contributed by atoms with Crippen molar-refractivity contribution in [2.75, 3.05) is 22.5 Å². The number of hydrazine groups is 1. The number of aryl methyl sites for hydroxylation is 2. The molecule has 2 aliphatic heterocycles. The first-order valence-electron chi connectivity index (χ1n) is 9.47. The molecule has 0 saturated carbocycles. The molecule has 29 heavy (non-hydrogen) atoms. The lowest BCUT2D eigenvalue weighted by Gasteiger charge is -2.32. The molecule has 0 aromatic heterocycles. The molecule has 2 atom stereocenters. The predicted molar refractivity (Wildman–Crippen MR) is 117 cm³/mol. The van der Waals surface area contributed by atoms with Crippen LogP contribution in [-0.4, -0.2) is 35.4 Å². The number of nitrogens with zero attached hydrogens (tertiary/aromatic N) is 2. The van der Waals surface area contributed by atoms with Crippen LogP contribution in [0.2, 0.25) is 0 Å². The van der Waals surface area contributed by atoms with E-state index in [1.807, 2.05) is 56.3 Å². The van der Waals surface area contributed by atoms with Gasteiger partial charge in [-0.2, -0.15) is 0 Å². The van der Waals surface area contributed by atoms with Crippen molar-refractivity contribution >= 4 is 40.1 Å². The van der Waals surface area contributed by atoms with Gasteiger partial charge in [0.15, 0.2) is 5.17 Å². The molecule has 2 amide bonds. The fraction of sp³-hybridized carbons (Fsp3) is 0.286. The van der Waals surface area contributed by atoms with Gasteiger partial charge in [-0.1, -0.05) is 36.0 Å². The summed E-state index contributed by atoms with van der Waals surface area (Å²) in [6, 6.07) is 15.4. The lowest BCUT2D eigenvalue weighted by Crippen LogP contribution is -2.49. The molecule has 4 rings (SSSR count). The summed E-state index contributed by atoms with van der Waals surface area (Å²) in [6.45, 7) is 4.52. The zero-order valence-corrected chi connectivity index (χ0v) is 17.1. The smallest absolute Gasteiger partial charge is 0.241 e. The summed E-state index contributed by atoms with van der Waals surface area (Å²) >= 11 is 1.26. The van der Waals surface area contributed by atoms with Crippen LogP contribution in [0.1, 0.15) is 11.1 Å². The minimum atomic E-state index is -0.313. The van der Waals surface area contributed by atoms with Gasteiger partial charge in [0.2, 0.25) is 11.8 Å². The number of hydrogen-bond acceptors (Lipinski definition) is 6. The molecule has 2 aromatic rings. The van der Waals surface area contributed by atoms with E-state index in [-0.39, 0.29) is 29.7 Å². The van der Waals surface area contributed by atoms with Crippen molar-refractivity contribution in [3.8, 4) is 0 Å². The van der Waals surface area contributed by atoms with E-state index in [2.05, 4.69) is 22.2 Å². The van der Waals surface area contributed by atoms with Gasteiger partial charge >= 0.3 is 0 Å². The Morgan fingerprint density at radius 1 is 1.21 bits per heavy atom. The number of para-hydroxylation sites is 1. The third kappa shape index (κ3) is 4.34. The summed E-state index contributed by atoms with van der Waals surface area (Å²) < 4.78 is 0. The van der Waals surface area contributed by atoms with E-state index in [0.29, 0.717) is 11.7 Å². The van der Waals surface area contributed by atoms with Crippen LogP contribution in [0, 0.1) is 19.8 Å². The number of amidine groups is 1. The largest absolute Gasteiger partial charge is 0.325 e. The van der Waals surface area contributed by atoms with Crippen LogP contribution < -0.4 is 21.1 Å².